The van der Waals surface area contributed by atoms with Gasteiger partial charge in [0, 0.05) is 15.5 Å². The highest BCUT2D eigenvalue weighted by molar-refractivity contribution is 7.99. The molecule has 152 valence electrons. The maximum absolute atomic E-state index is 12.4. The zero-order valence-electron chi connectivity index (χ0n) is 15.9. The Morgan fingerprint density at radius 3 is 2.83 bits per heavy atom. The van der Waals surface area contributed by atoms with E-state index in [-0.39, 0.29) is 23.5 Å². The average Bonchev–Trinajstić information content (AvgIpc) is 3.25. The predicted octanol–water partition coefficient (Wildman–Crippen LogP) is 4.98. The van der Waals surface area contributed by atoms with Crippen LogP contribution in [0.4, 0.5) is 5.00 Å². The van der Waals surface area contributed by atoms with Gasteiger partial charge in [-0.1, -0.05) is 29.4 Å². The van der Waals surface area contributed by atoms with Gasteiger partial charge in [-0.05, 0) is 44.5 Å². The first-order chi connectivity index (χ1) is 13.9. The van der Waals surface area contributed by atoms with Gasteiger partial charge in [0.25, 0.3) is 5.22 Å². The standard InChI is InChI=1S/C19H18ClN3O4S2/c1-4-26-18(25)15-10(2)11(3)29-17(15)21-14(24)9-28-19-23-22-16(27-19)12-6-5-7-13(20)8-12/h5-8H,4,9H2,1-3H3,(H,21,24). The maximum Gasteiger partial charge on any atom is 0.341 e. The van der Waals surface area contributed by atoms with E-state index in [0.717, 1.165) is 22.2 Å². The number of aryl methyl sites for hydroxylation is 1. The van der Waals surface area contributed by atoms with E-state index in [0.29, 0.717) is 27.0 Å². The Hall–Kier alpha value is -2.36. The van der Waals surface area contributed by atoms with E-state index in [1.54, 1.807) is 31.2 Å². The van der Waals surface area contributed by atoms with Crippen molar-refractivity contribution in [1.29, 1.82) is 0 Å². The normalized spacial score (nSPS) is 10.8. The number of amides is 1. The first-order valence-electron chi connectivity index (χ1n) is 8.68. The summed E-state index contributed by atoms with van der Waals surface area (Å²) in [6.07, 6.45) is 0. The Bertz CT molecular complexity index is 1050. The van der Waals surface area contributed by atoms with Gasteiger partial charge in [-0.3, -0.25) is 4.79 Å². The highest BCUT2D eigenvalue weighted by atomic mass is 35.5. The fraction of sp³-hybridized carbons (Fsp3) is 0.263. The summed E-state index contributed by atoms with van der Waals surface area (Å²) in [5.41, 5.74) is 1.90. The molecule has 10 heteroatoms. The van der Waals surface area contributed by atoms with Crippen LogP contribution in [0.15, 0.2) is 33.9 Å². The van der Waals surface area contributed by atoms with Crippen LogP contribution < -0.4 is 5.32 Å². The van der Waals surface area contributed by atoms with Gasteiger partial charge in [0.2, 0.25) is 11.8 Å². The Morgan fingerprint density at radius 2 is 2.10 bits per heavy atom. The Balaban J connectivity index is 1.64. The van der Waals surface area contributed by atoms with Crippen LogP contribution in [0.5, 0.6) is 0 Å². The van der Waals surface area contributed by atoms with Crippen molar-refractivity contribution in [2.75, 3.05) is 17.7 Å². The van der Waals surface area contributed by atoms with Gasteiger partial charge in [0.15, 0.2) is 0 Å². The van der Waals surface area contributed by atoms with Crippen LogP contribution in [0.2, 0.25) is 5.02 Å². The largest absolute Gasteiger partial charge is 0.462 e. The van der Waals surface area contributed by atoms with Crippen LogP contribution in [-0.4, -0.2) is 34.4 Å². The molecule has 1 aromatic carbocycles. The molecule has 0 unspecified atom stereocenters. The molecule has 0 aliphatic carbocycles. The van der Waals surface area contributed by atoms with Crippen molar-refractivity contribution in [3.63, 3.8) is 0 Å². The van der Waals surface area contributed by atoms with Crippen molar-refractivity contribution in [1.82, 2.24) is 10.2 Å². The molecule has 0 saturated carbocycles. The average molecular weight is 452 g/mol. The number of hydrogen-bond donors (Lipinski definition) is 1. The minimum absolute atomic E-state index is 0.0510. The summed E-state index contributed by atoms with van der Waals surface area (Å²) in [5.74, 6) is -0.357. The summed E-state index contributed by atoms with van der Waals surface area (Å²) in [7, 11) is 0. The molecule has 0 fully saturated rings. The number of carbonyl (C=O) groups is 2. The molecule has 2 aromatic heterocycles. The van der Waals surface area contributed by atoms with E-state index in [1.807, 2.05) is 13.8 Å². The number of rotatable bonds is 7. The third-order valence-corrected chi connectivity index (χ3v) is 6.10. The Morgan fingerprint density at radius 1 is 1.31 bits per heavy atom. The molecule has 1 N–H and O–H groups in total. The summed E-state index contributed by atoms with van der Waals surface area (Å²) in [5, 5.41) is 12.0. The van der Waals surface area contributed by atoms with Crippen molar-refractivity contribution < 1.29 is 18.7 Å². The number of halogens is 1. The third kappa shape index (κ3) is 5.17. The van der Waals surface area contributed by atoms with Crippen molar-refractivity contribution in [2.24, 2.45) is 0 Å². The summed E-state index contributed by atoms with van der Waals surface area (Å²) in [4.78, 5) is 25.5. The number of thiophene rings is 1. The lowest BCUT2D eigenvalue weighted by atomic mass is 10.1. The van der Waals surface area contributed by atoms with E-state index in [4.69, 9.17) is 20.8 Å². The summed E-state index contributed by atoms with van der Waals surface area (Å²) in [6, 6.07) is 7.06. The van der Waals surface area contributed by atoms with Crippen LogP contribution >= 0.6 is 34.7 Å². The lowest BCUT2D eigenvalue weighted by Crippen LogP contribution is -2.16. The van der Waals surface area contributed by atoms with E-state index < -0.39 is 5.97 Å². The fourth-order valence-corrected chi connectivity index (χ4v) is 4.28. The number of ether oxygens (including phenoxy) is 1. The molecule has 0 bridgehead atoms. The van der Waals surface area contributed by atoms with Crippen LogP contribution in [0.25, 0.3) is 11.5 Å². The lowest BCUT2D eigenvalue weighted by molar-refractivity contribution is -0.113. The summed E-state index contributed by atoms with van der Waals surface area (Å²) in [6.45, 7) is 5.73. The number of nitrogens with zero attached hydrogens (tertiary/aromatic N) is 2. The second kappa shape index (κ2) is 9.43. The second-order valence-electron chi connectivity index (χ2n) is 5.93. The monoisotopic (exact) mass is 451 g/mol. The van der Waals surface area contributed by atoms with Crippen molar-refractivity contribution in [2.45, 2.75) is 26.0 Å². The molecular weight excluding hydrogens is 434 g/mol. The molecule has 7 nitrogen and oxygen atoms in total. The van der Waals surface area contributed by atoms with Gasteiger partial charge in [0.1, 0.15) is 5.00 Å². The lowest BCUT2D eigenvalue weighted by Gasteiger charge is -2.06. The SMILES string of the molecule is CCOC(=O)c1c(NC(=O)CSc2nnc(-c3cccc(Cl)c3)o2)sc(C)c1C. The zero-order valence-corrected chi connectivity index (χ0v) is 18.3. The van der Waals surface area contributed by atoms with Crippen LogP contribution in [-0.2, 0) is 9.53 Å². The van der Waals surface area contributed by atoms with Crippen LogP contribution in [0, 0.1) is 13.8 Å². The number of carbonyl (C=O) groups excluding carboxylic acids is 2. The van der Waals surface area contributed by atoms with Gasteiger partial charge >= 0.3 is 5.97 Å². The first-order valence-corrected chi connectivity index (χ1v) is 10.9. The Labute approximate surface area is 180 Å². The van der Waals surface area contributed by atoms with E-state index in [2.05, 4.69) is 15.5 Å². The first kappa shape index (κ1) is 21.4. The van der Waals surface area contributed by atoms with E-state index in [1.165, 1.54) is 11.3 Å². The third-order valence-electron chi connectivity index (χ3n) is 3.92. The van der Waals surface area contributed by atoms with E-state index in [9.17, 15) is 9.59 Å². The molecule has 0 spiro atoms. The fourth-order valence-electron chi connectivity index (χ4n) is 2.46. The molecule has 0 aliphatic rings. The maximum atomic E-state index is 12.4. The highest BCUT2D eigenvalue weighted by Gasteiger charge is 2.22. The Kier molecular flexibility index (Phi) is 6.94. The minimum atomic E-state index is -0.444. The second-order valence-corrected chi connectivity index (χ2v) is 8.52. The molecular formula is C19H18ClN3O4S2. The summed E-state index contributed by atoms with van der Waals surface area (Å²) >= 11 is 8.42. The molecule has 29 heavy (non-hydrogen) atoms. The molecule has 2 heterocycles. The van der Waals surface area contributed by atoms with E-state index >= 15 is 0 Å². The number of aromatic nitrogens is 2. The molecule has 1 amide bonds. The van der Waals surface area contributed by atoms with Gasteiger partial charge < -0.3 is 14.5 Å². The number of nitrogens with one attached hydrogen (secondary N) is 1. The minimum Gasteiger partial charge on any atom is -0.462 e. The van der Waals surface area contributed by atoms with Gasteiger partial charge in [0.05, 0.1) is 17.9 Å². The van der Waals surface area contributed by atoms with Gasteiger partial charge in [-0.2, -0.15) is 0 Å². The highest BCUT2D eigenvalue weighted by Crippen LogP contribution is 2.33. The van der Waals surface area contributed by atoms with Crippen LogP contribution in [0.1, 0.15) is 27.7 Å². The quantitative estimate of drug-likeness (QED) is 0.400. The molecule has 0 atom stereocenters. The topological polar surface area (TPSA) is 94.3 Å². The summed E-state index contributed by atoms with van der Waals surface area (Å²) < 4.78 is 10.7. The smallest absolute Gasteiger partial charge is 0.341 e. The number of benzene rings is 1. The number of hydrogen-bond acceptors (Lipinski definition) is 8. The molecule has 3 rings (SSSR count). The molecule has 0 saturated heterocycles. The molecule has 0 radical (unpaired) electrons. The van der Waals surface area contributed by atoms with Crippen LogP contribution in [0.3, 0.4) is 0 Å². The number of thioether (sulfide) groups is 1. The molecule has 3 aromatic rings. The molecule has 0 aliphatic heterocycles. The van der Waals surface area contributed by atoms with Crippen molar-refractivity contribution in [3.05, 3.63) is 45.3 Å². The van der Waals surface area contributed by atoms with Crippen molar-refractivity contribution in [3.8, 4) is 11.5 Å². The zero-order chi connectivity index (χ0) is 21.0. The number of esters is 1. The van der Waals surface area contributed by atoms with Crippen molar-refractivity contribution >= 4 is 51.6 Å². The number of anilines is 1. The predicted molar refractivity (Wildman–Crippen MR) is 114 cm³/mol. The van der Waals surface area contributed by atoms with Gasteiger partial charge in [-0.25, -0.2) is 4.79 Å². The van der Waals surface area contributed by atoms with Gasteiger partial charge in [-0.15, -0.1) is 21.5 Å².